The Kier molecular flexibility index (Phi) is 4.54. The molecule has 0 radical (unpaired) electrons. The standard InChI is InChI=1S/C12H14O3/c1-2-10(13)6-3-4-7-11-8-5-9-12(14)15-11/h3-7,9,11H,2,8H2,1H3/b6-3+,7-4+/t11-/m0/s1. The van der Waals surface area contributed by atoms with Gasteiger partial charge in [0.1, 0.15) is 6.10 Å². The van der Waals surface area contributed by atoms with Gasteiger partial charge in [0.25, 0.3) is 0 Å². The van der Waals surface area contributed by atoms with Crippen LogP contribution in [0.3, 0.4) is 0 Å². The largest absolute Gasteiger partial charge is 0.455 e. The van der Waals surface area contributed by atoms with Crippen molar-refractivity contribution >= 4 is 11.8 Å². The van der Waals surface area contributed by atoms with E-state index in [0.717, 1.165) is 0 Å². The SMILES string of the molecule is CCC(=O)/C=C/C=C/[C@H]1CC=CC(=O)O1. The lowest BCUT2D eigenvalue weighted by atomic mass is 10.2. The molecule has 0 unspecified atom stereocenters. The Morgan fingerprint density at radius 1 is 1.60 bits per heavy atom. The predicted molar refractivity (Wildman–Crippen MR) is 57.2 cm³/mol. The Labute approximate surface area is 89.1 Å². The van der Waals surface area contributed by atoms with Gasteiger partial charge < -0.3 is 4.74 Å². The van der Waals surface area contributed by atoms with E-state index in [1.807, 2.05) is 6.92 Å². The van der Waals surface area contributed by atoms with E-state index in [-0.39, 0.29) is 17.9 Å². The average molecular weight is 206 g/mol. The molecule has 0 bridgehead atoms. The Morgan fingerprint density at radius 3 is 3.07 bits per heavy atom. The van der Waals surface area contributed by atoms with Crippen LogP contribution >= 0.6 is 0 Å². The van der Waals surface area contributed by atoms with Crippen molar-refractivity contribution in [3.63, 3.8) is 0 Å². The Bertz CT molecular complexity index is 324. The van der Waals surface area contributed by atoms with Gasteiger partial charge in [-0.25, -0.2) is 4.79 Å². The number of carbonyl (C=O) groups is 2. The number of allylic oxidation sites excluding steroid dienone is 3. The van der Waals surface area contributed by atoms with E-state index in [0.29, 0.717) is 12.8 Å². The number of cyclic esters (lactones) is 1. The van der Waals surface area contributed by atoms with Crippen LogP contribution in [0.15, 0.2) is 36.5 Å². The summed E-state index contributed by atoms with van der Waals surface area (Å²) in [6.07, 6.45) is 10.9. The van der Waals surface area contributed by atoms with Crippen LogP contribution < -0.4 is 0 Å². The third kappa shape index (κ3) is 4.40. The molecule has 0 saturated heterocycles. The summed E-state index contributed by atoms with van der Waals surface area (Å²) in [5.74, 6) is -0.232. The van der Waals surface area contributed by atoms with Crippen LogP contribution in [0.25, 0.3) is 0 Å². The van der Waals surface area contributed by atoms with E-state index in [4.69, 9.17) is 4.74 Å². The molecule has 0 aromatic carbocycles. The minimum absolute atomic E-state index is 0.0835. The molecule has 1 aliphatic rings. The number of hydrogen-bond donors (Lipinski definition) is 0. The van der Waals surface area contributed by atoms with Crippen LogP contribution in [0.1, 0.15) is 19.8 Å². The molecule has 1 aliphatic heterocycles. The van der Waals surface area contributed by atoms with Gasteiger partial charge in [-0.2, -0.15) is 0 Å². The first-order valence-electron chi connectivity index (χ1n) is 4.97. The van der Waals surface area contributed by atoms with Crippen molar-refractivity contribution in [1.29, 1.82) is 0 Å². The van der Waals surface area contributed by atoms with E-state index in [9.17, 15) is 9.59 Å². The molecular formula is C12H14O3. The highest BCUT2D eigenvalue weighted by atomic mass is 16.5. The molecule has 1 atom stereocenters. The zero-order valence-corrected chi connectivity index (χ0v) is 8.68. The monoisotopic (exact) mass is 206 g/mol. The fraction of sp³-hybridized carbons (Fsp3) is 0.333. The summed E-state index contributed by atoms with van der Waals surface area (Å²) in [4.78, 5) is 21.7. The molecule has 3 nitrogen and oxygen atoms in total. The van der Waals surface area contributed by atoms with E-state index in [2.05, 4.69) is 0 Å². The summed E-state index contributed by atoms with van der Waals surface area (Å²) in [6, 6.07) is 0. The highest BCUT2D eigenvalue weighted by molar-refractivity contribution is 5.89. The highest BCUT2D eigenvalue weighted by Crippen LogP contribution is 2.08. The second-order valence-corrected chi connectivity index (χ2v) is 3.18. The summed E-state index contributed by atoms with van der Waals surface area (Å²) < 4.78 is 4.99. The van der Waals surface area contributed by atoms with Crippen molar-refractivity contribution in [2.24, 2.45) is 0 Å². The van der Waals surface area contributed by atoms with Crippen molar-refractivity contribution in [3.8, 4) is 0 Å². The van der Waals surface area contributed by atoms with Crippen LogP contribution in [0.2, 0.25) is 0 Å². The van der Waals surface area contributed by atoms with E-state index < -0.39 is 0 Å². The third-order valence-electron chi connectivity index (χ3n) is 1.96. The van der Waals surface area contributed by atoms with Crippen molar-refractivity contribution < 1.29 is 14.3 Å². The first-order chi connectivity index (χ1) is 7.22. The minimum atomic E-state index is -0.315. The van der Waals surface area contributed by atoms with Gasteiger partial charge >= 0.3 is 5.97 Å². The molecule has 0 aliphatic carbocycles. The predicted octanol–water partition coefficient (Wildman–Crippen LogP) is 1.95. The molecule has 80 valence electrons. The molecule has 1 rings (SSSR count). The van der Waals surface area contributed by atoms with Gasteiger partial charge in [-0.15, -0.1) is 0 Å². The smallest absolute Gasteiger partial charge is 0.331 e. The molecule has 0 amide bonds. The number of rotatable bonds is 4. The normalized spacial score (nSPS) is 21.1. The Balaban J connectivity index is 2.38. The van der Waals surface area contributed by atoms with Gasteiger partial charge in [-0.05, 0) is 12.2 Å². The molecule has 0 N–H and O–H groups in total. The van der Waals surface area contributed by atoms with Crippen molar-refractivity contribution in [2.75, 3.05) is 0 Å². The van der Waals surface area contributed by atoms with E-state index in [1.165, 1.54) is 12.2 Å². The minimum Gasteiger partial charge on any atom is -0.455 e. The zero-order chi connectivity index (χ0) is 11.1. The van der Waals surface area contributed by atoms with Crippen LogP contribution in [-0.4, -0.2) is 17.9 Å². The van der Waals surface area contributed by atoms with Crippen LogP contribution in [0, 0.1) is 0 Å². The lowest BCUT2D eigenvalue weighted by Crippen LogP contribution is -2.17. The molecule has 0 fully saturated rings. The molecule has 15 heavy (non-hydrogen) atoms. The highest BCUT2D eigenvalue weighted by Gasteiger charge is 2.11. The van der Waals surface area contributed by atoms with E-state index >= 15 is 0 Å². The summed E-state index contributed by atoms with van der Waals surface area (Å²) in [5.41, 5.74) is 0. The Morgan fingerprint density at radius 2 is 2.40 bits per heavy atom. The number of carbonyl (C=O) groups excluding carboxylic acids is 2. The van der Waals surface area contributed by atoms with Gasteiger partial charge in [0, 0.05) is 18.9 Å². The summed E-state index contributed by atoms with van der Waals surface area (Å²) >= 11 is 0. The van der Waals surface area contributed by atoms with Crippen molar-refractivity contribution in [2.45, 2.75) is 25.9 Å². The number of esters is 1. The first kappa shape index (κ1) is 11.4. The van der Waals surface area contributed by atoms with Gasteiger partial charge in [0.15, 0.2) is 5.78 Å². The zero-order valence-electron chi connectivity index (χ0n) is 8.68. The lowest BCUT2D eigenvalue weighted by molar-refractivity contribution is -0.141. The second-order valence-electron chi connectivity index (χ2n) is 3.18. The number of ether oxygens (including phenoxy) is 1. The maximum Gasteiger partial charge on any atom is 0.331 e. The van der Waals surface area contributed by atoms with Gasteiger partial charge in [0.2, 0.25) is 0 Å². The number of ketones is 1. The summed E-state index contributed by atoms with van der Waals surface area (Å²) in [5, 5.41) is 0. The molecule has 0 aromatic rings. The maximum atomic E-state index is 10.9. The quantitative estimate of drug-likeness (QED) is 0.401. The molecular weight excluding hydrogens is 192 g/mol. The fourth-order valence-corrected chi connectivity index (χ4v) is 1.12. The molecule has 0 saturated carbocycles. The Hall–Kier alpha value is -1.64. The van der Waals surface area contributed by atoms with Gasteiger partial charge in [-0.1, -0.05) is 25.2 Å². The van der Waals surface area contributed by atoms with Crippen LogP contribution in [-0.2, 0) is 14.3 Å². The molecule has 0 spiro atoms. The average Bonchev–Trinajstić information content (AvgIpc) is 2.24. The van der Waals surface area contributed by atoms with Crippen LogP contribution in [0.4, 0.5) is 0 Å². The van der Waals surface area contributed by atoms with Crippen molar-refractivity contribution in [3.05, 3.63) is 36.5 Å². The summed E-state index contributed by atoms with van der Waals surface area (Å²) in [7, 11) is 0. The molecule has 1 heterocycles. The van der Waals surface area contributed by atoms with E-state index in [1.54, 1.807) is 24.3 Å². The molecule has 3 heteroatoms. The summed E-state index contributed by atoms with van der Waals surface area (Å²) in [6.45, 7) is 1.81. The van der Waals surface area contributed by atoms with Gasteiger partial charge in [-0.3, -0.25) is 4.79 Å². The maximum absolute atomic E-state index is 10.9. The lowest BCUT2D eigenvalue weighted by Gasteiger charge is -2.13. The van der Waals surface area contributed by atoms with Crippen LogP contribution in [0.5, 0.6) is 0 Å². The topological polar surface area (TPSA) is 43.4 Å². The second kappa shape index (κ2) is 5.96. The third-order valence-corrected chi connectivity index (χ3v) is 1.96. The van der Waals surface area contributed by atoms with Gasteiger partial charge in [0.05, 0.1) is 0 Å². The first-order valence-corrected chi connectivity index (χ1v) is 4.97. The molecule has 0 aromatic heterocycles. The number of hydrogen-bond acceptors (Lipinski definition) is 3. The fourth-order valence-electron chi connectivity index (χ4n) is 1.12. The van der Waals surface area contributed by atoms with Crippen molar-refractivity contribution in [1.82, 2.24) is 0 Å².